The maximum absolute atomic E-state index is 15.5. The van der Waals surface area contributed by atoms with E-state index in [1.807, 2.05) is 6.07 Å². The zero-order valence-electron chi connectivity index (χ0n) is 20.0. The average Bonchev–Trinajstić information content (AvgIpc) is 3.14. The molecule has 1 N–H and O–H groups in total. The maximum Gasteiger partial charge on any atom is 0.491 e. The molecule has 0 aromatic heterocycles. The number of nitriles is 1. The van der Waals surface area contributed by atoms with Crippen LogP contribution in [0.25, 0.3) is 0 Å². The lowest BCUT2D eigenvalue weighted by Gasteiger charge is -2.37. The molecule has 2 aromatic rings. The molecule has 1 aliphatic rings. The number of rotatable bonds is 6. The van der Waals surface area contributed by atoms with Crippen molar-refractivity contribution in [2.45, 2.75) is 49.9 Å². The summed E-state index contributed by atoms with van der Waals surface area (Å²) in [5.41, 5.74) is -3.56. The number of carbonyl (C=O) groups excluding carboxylic acids is 2. The quantitative estimate of drug-likeness (QED) is 0.187. The smallest absolute Gasteiger partial charge is 0.385 e. The number of alkyl halides is 3. The van der Waals surface area contributed by atoms with E-state index in [2.05, 4.69) is 16.6 Å². The van der Waals surface area contributed by atoms with Crippen LogP contribution in [0.1, 0.15) is 37.3 Å². The third-order valence-corrected chi connectivity index (χ3v) is 7.12. The summed E-state index contributed by atoms with van der Waals surface area (Å²) in [5.74, 6) is -8.29. The molecule has 1 fully saturated rings. The molecule has 38 heavy (non-hydrogen) atoms. The fourth-order valence-electron chi connectivity index (χ4n) is 4.74. The van der Waals surface area contributed by atoms with Gasteiger partial charge < -0.3 is 4.74 Å². The van der Waals surface area contributed by atoms with Crippen molar-refractivity contribution < 1.29 is 36.3 Å². The molecule has 0 saturated carbocycles. The third-order valence-electron chi connectivity index (χ3n) is 6.59. The van der Waals surface area contributed by atoms with Crippen molar-refractivity contribution in [3.63, 3.8) is 0 Å². The van der Waals surface area contributed by atoms with E-state index in [4.69, 9.17) is 23.2 Å². The highest BCUT2D eigenvalue weighted by Crippen LogP contribution is 2.53. The number of hydrogen-bond donors (Lipinski definition) is 1. The van der Waals surface area contributed by atoms with Crippen LogP contribution in [0.15, 0.2) is 49.1 Å². The number of esters is 2. The van der Waals surface area contributed by atoms with Crippen LogP contribution in [0, 0.1) is 28.4 Å². The molecule has 12 heteroatoms. The Hall–Kier alpha value is -3.00. The second-order valence-corrected chi connectivity index (χ2v) is 10.4. The average molecular weight is 575 g/mol. The molecule has 5 nitrogen and oxygen atoms in total. The Bertz CT molecular complexity index is 1320. The van der Waals surface area contributed by atoms with Crippen molar-refractivity contribution in [3.05, 3.63) is 81.9 Å². The number of carbonyl (C=O) groups is 2. The van der Waals surface area contributed by atoms with Crippen LogP contribution in [-0.2, 0) is 19.7 Å². The van der Waals surface area contributed by atoms with Gasteiger partial charge in [0.25, 0.3) is 0 Å². The van der Waals surface area contributed by atoms with Crippen LogP contribution in [0.3, 0.4) is 0 Å². The lowest BCUT2D eigenvalue weighted by atomic mass is 9.62. The molecule has 2 aromatic carbocycles. The van der Waals surface area contributed by atoms with Crippen LogP contribution in [0.4, 0.5) is 22.0 Å². The van der Waals surface area contributed by atoms with Crippen molar-refractivity contribution in [1.29, 1.82) is 5.26 Å². The molecule has 1 heterocycles. The third kappa shape index (κ3) is 5.41. The fourth-order valence-corrected chi connectivity index (χ4v) is 5.08. The highest BCUT2D eigenvalue weighted by atomic mass is 35.5. The second-order valence-electron chi connectivity index (χ2n) is 9.53. The normalized spacial score (nSPS) is 23.5. The first-order valence-electron chi connectivity index (χ1n) is 11.1. The number of ether oxygens (including phenoxy) is 1. The van der Waals surface area contributed by atoms with Gasteiger partial charge in [0.1, 0.15) is 23.1 Å². The molecule has 4 atom stereocenters. The van der Waals surface area contributed by atoms with Crippen LogP contribution in [0.2, 0.25) is 10.0 Å². The minimum Gasteiger partial charge on any atom is -0.385 e. The van der Waals surface area contributed by atoms with E-state index in [1.165, 1.54) is 36.4 Å². The summed E-state index contributed by atoms with van der Waals surface area (Å²) >= 11 is 11.9. The molecule has 0 spiro atoms. The van der Waals surface area contributed by atoms with E-state index in [0.29, 0.717) is 0 Å². The number of nitrogens with one attached hydrogen (secondary N) is 1. The van der Waals surface area contributed by atoms with Gasteiger partial charge in [-0.15, -0.1) is 6.58 Å². The molecule has 1 saturated heterocycles. The molecular formula is C26H21Cl2F5N2O3. The standard InChI is InChI=1S/C26H21Cl2F5N2O3/c1-4-24(2,3)11-18-25(12-34,15-9-8-13(27)10-17(15)29)19(14-6-5-7-16(28)20(14)30)21(35-18)22(36)38-23(37)26(31,32)33/h4-10,18-19,21,35H,1,11H2,2-3H3/t18-,19-,21+,25-/m0/s1. The Labute approximate surface area is 225 Å². The zero-order chi connectivity index (χ0) is 28.6. The largest absolute Gasteiger partial charge is 0.491 e. The summed E-state index contributed by atoms with van der Waals surface area (Å²) in [7, 11) is 0. The van der Waals surface area contributed by atoms with E-state index < -0.39 is 63.6 Å². The number of halogens is 7. The summed E-state index contributed by atoms with van der Waals surface area (Å²) in [6.07, 6.45) is -3.99. The Kier molecular flexibility index (Phi) is 8.27. The van der Waals surface area contributed by atoms with Gasteiger partial charge in [0.15, 0.2) is 0 Å². The van der Waals surface area contributed by atoms with E-state index in [-0.39, 0.29) is 22.6 Å². The Balaban J connectivity index is 2.35. The van der Waals surface area contributed by atoms with Crippen LogP contribution in [0.5, 0.6) is 0 Å². The van der Waals surface area contributed by atoms with Gasteiger partial charge in [-0.2, -0.15) is 18.4 Å². The van der Waals surface area contributed by atoms with Gasteiger partial charge in [-0.1, -0.05) is 61.3 Å². The van der Waals surface area contributed by atoms with Gasteiger partial charge >= 0.3 is 18.1 Å². The topological polar surface area (TPSA) is 79.2 Å². The lowest BCUT2D eigenvalue weighted by Crippen LogP contribution is -2.45. The first kappa shape index (κ1) is 29.6. The van der Waals surface area contributed by atoms with Gasteiger partial charge in [0, 0.05) is 22.5 Å². The summed E-state index contributed by atoms with van der Waals surface area (Å²) in [4.78, 5) is 24.5. The first-order chi connectivity index (χ1) is 17.6. The monoisotopic (exact) mass is 574 g/mol. The number of benzene rings is 2. The summed E-state index contributed by atoms with van der Waals surface area (Å²) in [6.45, 7) is 7.17. The molecule has 3 rings (SSSR count). The molecule has 1 aliphatic heterocycles. The molecule has 202 valence electrons. The molecule has 0 bridgehead atoms. The van der Waals surface area contributed by atoms with Gasteiger partial charge in [-0.25, -0.2) is 18.4 Å². The zero-order valence-corrected chi connectivity index (χ0v) is 21.5. The van der Waals surface area contributed by atoms with E-state index >= 15 is 8.78 Å². The van der Waals surface area contributed by atoms with Gasteiger partial charge in [0.05, 0.1) is 11.1 Å². The predicted molar refractivity (Wildman–Crippen MR) is 129 cm³/mol. The Morgan fingerprint density at radius 1 is 1.21 bits per heavy atom. The van der Waals surface area contributed by atoms with Crippen LogP contribution >= 0.6 is 23.2 Å². The first-order valence-corrected chi connectivity index (χ1v) is 11.9. The van der Waals surface area contributed by atoms with Crippen LogP contribution < -0.4 is 5.32 Å². The fraction of sp³-hybridized carbons (Fsp3) is 0.346. The lowest BCUT2D eigenvalue weighted by molar-refractivity contribution is -0.202. The van der Waals surface area contributed by atoms with Crippen LogP contribution in [-0.4, -0.2) is 30.2 Å². The van der Waals surface area contributed by atoms with Crippen molar-refractivity contribution in [2.75, 3.05) is 0 Å². The molecule has 0 unspecified atom stereocenters. The number of allylic oxidation sites excluding steroid dienone is 1. The van der Waals surface area contributed by atoms with E-state index in [9.17, 15) is 28.0 Å². The Morgan fingerprint density at radius 3 is 2.42 bits per heavy atom. The SMILES string of the molecule is C=CC(C)(C)C[C@@H]1N[C@@H](C(=O)OC(=O)C(F)(F)F)[C@H](c2cccc(Cl)c2F)[C@@]1(C#N)c1ccc(Cl)cc1F. The molecule has 0 aliphatic carbocycles. The maximum atomic E-state index is 15.5. The Morgan fingerprint density at radius 2 is 1.87 bits per heavy atom. The summed E-state index contributed by atoms with van der Waals surface area (Å²) < 4.78 is 73.7. The van der Waals surface area contributed by atoms with E-state index in [1.54, 1.807) is 13.8 Å². The second kappa shape index (κ2) is 10.6. The molecule has 0 radical (unpaired) electrons. The summed E-state index contributed by atoms with van der Waals surface area (Å²) in [5, 5.41) is 12.9. The van der Waals surface area contributed by atoms with Crippen molar-refractivity contribution in [1.82, 2.24) is 5.32 Å². The van der Waals surface area contributed by atoms with Crippen molar-refractivity contribution >= 4 is 35.1 Å². The highest BCUT2D eigenvalue weighted by molar-refractivity contribution is 6.31. The van der Waals surface area contributed by atoms with Gasteiger partial charge in [-0.3, -0.25) is 5.32 Å². The molecular weight excluding hydrogens is 554 g/mol. The number of hydrogen-bond acceptors (Lipinski definition) is 5. The minimum absolute atomic E-state index is 0.0121. The predicted octanol–water partition coefficient (Wildman–Crippen LogP) is 6.39. The highest BCUT2D eigenvalue weighted by Gasteiger charge is 2.62. The van der Waals surface area contributed by atoms with E-state index in [0.717, 1.165) is 6.07 Å². The minimum atomic E-state index is -5.51. The number of nitrogens with zero attached hydrogens (tertiary/aromatic N) is 1. The van der Waals surface area contributed by atoms with Crippen molar-refractivity contribution in [3.8, 4) is 6.07 Å². The molecule has 0 amide bonds. The summed E-state index contributed by atoms with van der Waals surface area (Å²) in [6, 6.07) is 5.95. The van der Waals surface area contributed by atoms with Gasteiger partial charge in [0.2, 0.25) is 0 Å². The van der Waals surface area contributed by atoms with Gasteiger partial charge in [-0.05, 0) is 35.6 Å². The van der Waals surface area contributed by atoms with Crippen molar-refractivity contribution in [2.24, 2.45) is 5.41 Å².